The summed E-state index contributed by atoms with van der Waals surface area (Å²) in [5, 5.41) is 9.59. The lowest BCUT2D eigenvalue weighted by molar-refractivity contribution is -0.660. The molecule has 0 aliphatic carbocycles. The van der Waals surface area contributed by atoms with E-state index in [9.17, 15) is 22.0 Å². The molecule has 139 heavy (non-hydrogen) atoms. The minimum Gasteiger partial charge on any atom is -0.455 e. The van der Waals surface area contributed by atoms with Crippen LogP contribution in [0.2, 0.25) is 0 Å². The van der Waals surface area contributed by atoms with Crippen LogP contribution >= 0.6 is 0 Å². The van der Waals surface area contributed by atoms with E-state index < -0.39 is 0 Å². The third-order valence-corrected chi connectivity index (χ3v) is 26.7. The van der Waals surface area contributed by atoms with E-state index in [4.69, 9.17) is 22.1 Å². The summed E-state index contributed by atoms with van der Waals surface area (Å²) < 4.78 is 116. The molecule has 0 spiro atoms. The van der Waals surface area contributed by atoms with Crippen molar-refractivity contribution >= 4 is 110 Å². The molecule has 0 aliphatic heterocycles. The van der Waals surface area contributed by atoms with Crippen LogP contribution in [0.4, 0.5) is 22.0 Å². The summed E-state index contributed by atoms with van der Waals surface area (Å²) in [6, 6.07) is 78.9. The number of nitrogens with zero attached hydrogens (tertiary/aromatic N) is 8. The second kappa shape index (κ2) is 37.6. The first-order valence-electron chi connectivity index (χ1n) is 46.8. The molecule has 13 nitrogen and oxygen atoms in total. The molecular weight excluding hydrogens is 1740 g/mol. The van der Waals surface area contributed by atoms with Gasteiger partial charge in [-0.1, -0.05) is 120 Å². The minimum atomic E-state index is -0.339. The largest absolute Gasteiger partial charge is 0.455 e. The van der Waals surface area contributed by atoms with Gasteiger partial charge < -0.3 is 22.1 Å². The van der Waals surface area contributed by atoms with E-state index in [0.29, 0.717) is 78.7 Å². The number of rotatable bonds is 11. The number of pyridine rings is 8. The van der Waals surface area contributed by atoms with E-state index in [1.807, 2.05) is 166 Å². The van der Waals surface area contributed by atoms with E-state index in [1.165, 1.54) is 34.9 Å². The number of hydrogen-bond donors (Lipinski definition) is 0. The second-order valence-corrected chi connectivity index (χ2v) is 37.1. The first-order chi connectivity index (χ1) is 67.0. The summed E-state index contributed by atoms with van der Waals surface area (Å²) >= 11 is 0. The Balaban J connectivity index is 0.000000111. The van der Waals surface area contributed by atoms with Crippen LogP contribution < -0.4 is 22.8 Å². The predicted molar refractivity (Wildman–Crippen MR) is 547 cm³/mol. The van der Waals surface area contributed by atoms with E-state index in [1.54, 1.807) is 61.1 Å². The van der Waals surface area contributed by atoms with Crippen LogP contribution in [0.15, 0.2) is 320 Å². The number of halogens is 5. The van der Waals surface area contributed by atoms with Gasteiger partial charge in [-0.05, 0) is 220 Å². The number of fused-ring (bicyclic) bond motifs is 15. The van der Waals surface area contributed by atoms with Gasteiger partial charge in [0.15, 0.2) is 31.0 Å². The molecule has 18 heteroatoms. The lowest BCUT2D eigenvalue weighted by atomic mass is 9.97. The van der Waals surface area contributed by atoms with Crippen molar-refractivity contribution in [3.05, 3.63) is 383 Å². The molecule has 0 aliphatic rings. The Morgan fingerprint density at radius 1 is 0.223 bits per heavy atom. The van der Waals surface area contributed by atoms with Crippen molar-refractivity contribution in [2.45, 2.75) is 108 Å². The molecule has 0 saturated carbocycles. The third-order valence-electron chi connectivity index (χ3n) is 26.7. The van der Waals surface area contributed by atoms with Crippen molar-refractivity contribution < 1.29 is 66.9 Å². The number of furan rings is 5. The molecule has 0 bridgehead atoms. The maximum absolute atomic E-state index is 14.9. The van der Waals surface area contributed by atoms with Gasteiger partial charge in [0.2, 0.25) is 28.5 Å². The fraction of sp³-hybridized carbons (Fsp3) is 0.174. The van der Waals surface area contributed by atoms with Crippen molar-refractivity contribution in [3.63, 3.8) is 0 Å². The molecule has 0 unspecified atom stereocenters. The van der Waals surface area contributed by atoms with Crippen LogP contribution in [0, 0.1) is 77.6 Å². The standard InChI is InChI=1S/C27H24FN2O.C25H20FN2O.C24H18FN2O.C23H23FNO.C22H21FNO/c1-16(2)18-12-14-30(4)23(15-18)24-17(3)8-9-19-20-10-11-21(28)25(27(20)31-26(19)24)22-7-5-6-13-29-22;1-15-11-13-28(3)21(14-15)22-16(2)7-8-17-18-9-10-19(26)23(25(18)29-24(17)22)20-6-4-5-12-27-20;1-15-9-10-16-17-11-12-18(25)22(19-7-3-5-13-26-19)24(17)28-23(16)21(15)20-8-4-6-14-27(20)2;1-13(2)20-18(24)9-8-17-16-7-6-15(4)21(23(16)26-22(17)20)19-12-14(3)10-11-25(19)5;1-13(2)19-17(23)11-10-16-15-9-8-14(3)20(22(15)25-21(16)19)18-7-5-6-12-24(18)4/h5-16H,1-4H3;4-14H,1-3H3;3-14H,1-2H3;6-13H,1-5H3;5-13H,1-4H3/q5*+1. The Morgan fingerprint density at radius 2 is 0.468 bits per heavy atom. The summed E-state index contributed by atoms with van der Waals surface area (Å²) in [6.45, 7) is 26.9. The minimum absolute atomic E-state index is 0.0545. The summed E-state index contributed by atoms with van der Waals surface area (Å²) in [5.41, 5.74) is 30.9. The highest BCUT2D eigenvalue weighted by atomic mass is 19.1. The zero-order chi connectivity index (χ0) is 97.4. The highest BCUT2D eigenvalue weighted by Crippen LogP contribution is 2.48. The van der Waals surface area contributed by atoms with Crippen LogP contribution in [-0.2, 0) is 35.2 Å². The third kappa shape index (κ3) is 16.9. The Kier molecular flexibility index (Phi) is 24.9. The van der Waals surface area contributed by atoms with Crippen LogP contribution in [0.1, 0.15) is 115 Å². The maximum Gasteiger partial charge on any atom is 0.216 e. The van der Waals surface area contributed by atoms with Gasteiger partial charge in [0.25, 0.3) is 0 Å². The number of hydrogen-bond acceptors (Lipinski definition) is 8. The van der Waals surface area contributed by atoms with Crippen LogP contribution in [-0.4, -0.2) is 15.0 Å². The van der Waals surface area contributed by atoms with E-state index >= 15 is 0 Å². The van der Waals surface area contributed by atoms with Gasteiger partial charge in [0, 0.05) is 144 Å². The van der Waals surface area contributed by atoms with E-state index in [2.05, 4.69) is 216 Å². The zero-order valence-electron chi connectivity index (χ0n) is 81.0. The Bertz CT molecular complexity index is 8780. The number of aromatic nitrogens is 8. The highest BCUT2D eigenvalue weighted by Gasteiger charge is 2.32. The highest BCUT2D eigenvalue weighted by molar-refractivity contribution is 6.17. The molecule has 10 aromatic carbocycles. The molecule has 23 rings (SSSR count). The molecular formula is C121H106F5N8O5+5. The summed E-state index contributed by atoms with van der Waals surface area (Å²) in [7, 11) is 10.1. The van der Waals surface area contributed by atoms with Crippen molar-refractivity contribution in [2.24, 2.45) is 35.2 Å². The quantitative estimate of drug-likeness (QED) is 0.0926. The van der Waals surface area contributed by atoms with Crippen molar-refractivity contribution in [2.75, 3.05) is 0 Å². The SMILES string of the molecule is Cc1cc[n+](C)c(-c2c(C)ccc3c2oc2c(-c4ccccn4)c(F)ccc23)c1.Cc1cc[n+](C)c(-c2c(C)ccc3c2oc2c(C(C)C)c(F)ccc23)c1.Cc1ccc2c(oc3c(-c4ccccn4)c(F)ccc32)c1-c1cc(C(C)C)cc[n+]1C.Cc1ccc2c(oc3c(-c4ccccn4)c(F)ccc32)c1-c1cccc[n+]1C.Cc1ccc2c(oc3c(C(C)C)c(F)ccc32)c1-c1cccc[n+]1C. The van der Waals surface area contributed by atoms with Crippen molar-refractivity contribution in [1.82, 2.24) is 15.0 Å². The second-order valence-electron chi connectivity index (χ2n) is 37.1. The Labute approximate surface area is 802 Å². The van der Waals surface area contributed by atoms with E-state index in [0.717, 1.165) is 166 Å². The molecule has 0 amide bonds. The fourth-order valence-electron chi connectivity index (χ4n) is 19.5. The molecule has 0 N–H and O–H groups in total. The average molecular weight is 1850 g/mol. The molecule has 0 atom stereocenters. The maximum atomic E-state index is 14.9. The van der Waals surface area contributed by atoms with E-state index in [-0.39, 0.29) is 40.9 Å². The molecule has 0 radical (unpaired) electrons. The molecule has 13 heterocycles. The normalized spacial score (nSPS) is 11.6. The van der Waals surface area contributed by atoms with Crippen molar-refractivity contribution in [3.8, 4) is 90.1 Å². The lowest BCUT2D eigenvalue weighted by Gasteiger charge is -2.09. The smallest absolute Gasteiger partial charge is 0.216 e. The van der Waals surface area contributed by atoms with Gasteiger partial charge in [-0.15, -0.1) is 0 Å². The average Bonchev–Trinajstić information content (AvgIpc) is 1.60. The van der Waals surface area contributed by atoms with Gasteiger partial charge in [0.05, 0.1) is 61.6 Å². The summed E-state index contributed by atoms with van der Waals surface area (Å²) in [5.74, 6) is -0.893. The number of aryl methyl sites for hydroxylation is 12. The monoisotopic (exact) mass is 1850 g/mol. The summed E-state index contributed by atoms with van der Waals surface area (Å²) in [6.07, 6.45) is 15.2. The van der Waals surface area contributed by atoms with Gasteiger partial charge >= 0.3 is 0 Å². The summed E-state index contributed by atoms with van der Waals surface area (Å²) in [4.78, 5) is 13.1. The van der Waals surface area contributed by atoms with Crippen LogP contribution in [0.25, 0.3) is 200 Å². The molecule has 0 fully saturated rings. The van der Waals surface area contributed by atoms with Crippen molar-refractivity contribution in [1.29, 1.82) is 0 Å². The van der Waals surface area contributed by atoms with Gasteiger partial charge in [-0.25, -0.2) is 44.8 Å². The Hall–Kier alpha value is -16.0. The topological polar surface area (TPSA) is 124 Å². The van der Waals surface area contributed by atoms with Crippen LogP contribution in [0.3, 0.4) is 0 Å². The predicted octanol–water partition coefficient (Wildman–Crippen LogP) is 29.8. The Morgan fingerprint density at radius 3 is 0.748 bits per heavy atom. The molecule has 13 aromatic heterocycles. The number of benzene rings is 10. The zero-order valence-corrected chi connectivity index (χ0v) is 81.0. The first kappa shape index (κ1) is 92.1. The molecule has 23 aromatic rings. The fourth-order valence-corrected chi connectivity index (χ4v) is 19.5. The van der Waals surface area contributed by atoms with Crippen LogP contribution in [0.5, 0.6) is 0 Å². The van der Waals surface area contributed by atoms with Gasteiger partial charge in [0.1, 0.15) is 120 Å². The van der Waals surface area contributed by atoms with Gasteiger partial charge in [-0.3, -0.25) is 15.0 Å². The van der Waals surface area contributed by atoms with Gasteiger partial charge in [-0.2, -0.15) is 0 Å². The molecule has 690 valence electrons. The molecule has 0 saturated heterocycles. The lowest BCUT2D eigenvalue weighted by Crippen LogP contribution is -2.31. The first-order valence-corrected chi connectivity index (χ1v) is 46.8.